The van der Waals surface area contributed by atoms with Crippen LogP contribution in [-0.2, 0) is 6.42 Å². The second-order valence-electron chi connectivity index (χ2n) is 3.86. The van der Waals surface area contributed by atoms with Gasteiger partial charge in [-0.3, -0.25) is 10.7 Å². The minimum Gasteiger partial charge on any atom is -0.497 e. The van der Waals surface area contributed by atoms with Crippen molar-refractivity contribution in [3.63, 3.8) is 0 Å². The zero-order chi connectivity index (χ0) is 12.5. The number of benzene rings is 1. The molecule has 18 heavy (non-hydrogen) atoms. The van der Waals surface area contributed by atoms with E-state index in [1.807, 2.05) is 23.7 Å². The van der Waals surface area contributed by atoms with Crippen LogP contribution in [0.15, 0.2) is 23.2 Å². The second kappa shape index (κ2) is 4.40. The molecule has 6 heteroatoms. The number of hydrogen-bond donors (Lipinski definition) is 2. The molecule has 0 aliphatic heterocycles. The van der Waals surface area contributed by atoms with Gasteiger partial charge >= 0.3 is 0 Å². The molecule has 0 saturated heterocycles. The number of rotatable bonds is 3. The normalized spacial score (nSPS) is 12.6. The summed E-state index contributed by atoms with van der Waals surface area (Å²) in [6, 6.07) is 6.00. The fraction of sp³-hybridized carbons (Fsp3) is 0.167. The number of aliphatic imine (C=N–C) groups is 1. The molecule has 0 bridgehead atoms. The Kier molecular flexibility index (Phi) is 2.73. The van der Waals surface area contributed by atoms with E-state index in [9.17, 15) is 0 Å². The highest BCUT2D eigenvalue weighted by molar-refractivity contribution is 7.15. The van der Waals surface area contributed by atoms with Crippen LogP contribution >= 0.6 is 11.3 Å². The summed E-state index contributed by atoms with van der Waals surface area (Å²) in [6.45, 7) is 0. The molecule has 1 aromatic heterocycles. The summed E-state index contributed by atoms with van der Waals surface area (Å²) in [5.74, 6) is 0.867. The topological polar surface area (TPSA) is 66.7 Å². The smallest absolute Gasteiger partial charge is 0.211 e. The number of methoxy groups -OCH3 is 1. The first kappa shape index (κ1) is 11.2. The maximum atomic E-state index is 8.45. The first-order valence-corrected chi connectivity index (χ1v) is 6.22. The summed E-state index contributed by atoms with van der Waals surface area (Å²) >= 11 is 1.53. The Bertz CT molecular complexity index is 622. The highest BCUT2D eigenvalue weighted by Gasteiger charge is 2.23. The van der Waals surface area contributed by atoms with Crippen molar-refractivity contribution in [3.05, 3.63) is 28.6 Å². The Hall–Kier alpha value is -1.92. The molecule has 3 rings (SSSR count). The van der Waals surface area contributed by atoms with Gasteiger partial charge in [0, 0.05) is 16.9 Å². The summed E-state index contributed by atoms with van der Waals surface area (Å²) in [7, 11) is 1.67. The summed E-state index contributed by atoms with van der Waals surface area (Å²) in [4.78, 5) is 9.64. The van der Waals surface area contributed by atoms with Crippen LogP contribution in [0.4, 0.5) is 5.13 Å². The van der Waals surface area contributed by atoms with Crippen LogP contribution in [0.1, 0.15) is 10.4 Å². The molecule has 0 unspecified atom stereocenters. The van der Waals surface area contributed by atoms with Crippen LogP contribution in [0.25, 0.3) is 11.3 Å². The average Bonchev–Trinajstić information content (AvgIpc) is 2.92. The lowest BCUT2D eigenvalue weighted by Gasteiger charge is -2.03. The maximum absolute atomic E-state index is 8.45. The molecule has 0 saturated carbocycles. The third-order valence-electron chi connectivity index (χ3n) is 2.84. The van der Waals surface area contributed by atoms with Gasteiger partial charge in [0.15, 0.2) is 0 Å². The fourth-order valence-corrected chi connectivity index (χ4v) is 3.00. The SMILES string of the molecule is COc1ccc2c(c1)Cc1sc(/N=C\NO)nc1-2. The van der Waals surface area contributed by atoms with Gasteiger partial charge in [0.25, 0.3) is 0 Å². The zero-order valence-electron chi connectivity index (χ0n) is 9.67. The van der Waals surface area contributed by atoms with E-state index in [2.05, 4.69) is 9.98 Å². The van der Waals surface area contributed by atoms with E-state index in [1.54, 1.807) is 7.11 Å². The van der Waals surface area contributed by atoms with Crippen LogP contribution < -0.4 is 10.2 Å². The van der Waals surface area contributed by atoms with Crippen molar-refractivity contribution in [1.82, 2.24) is 10.5 Å². The first-order chi connectivity index (χ1) is 8.81. The summed E-state index contributed by atoms with van der Waals surface area (Å²) in [6.07, 6.45) is 2.07. The summed E-state index contributed by atoms with van der Waals surface area (Å²) in [5.41, 5.74) is 5.24. The largest absolute Gasteiger partial charge is 0.497 e. The van der Waals surface area contributed by atoms with E-state index < -0.39 is 0 Å². The molecule has 1 heterocycles. The van der Waals surface area contributed by atoms with Gasteiger partial charge in [-0.05, 0) is 23.8 Å². The number of nitrogens with one attached hydrogen (secondary N) is 1. The van der Waals surface area contributed by atoms with Gasteiger partial charge in [-0.1, -0.05) is 11.3 Å². The molecule has 1 aliphatic rings. The number of hydrogen-bond acceptors (Lipinski definition) is 5. The highest BCUT2D eigenvalue weighted by atomic mass is 32.1. The minimum absolute atomic E-state index is 0.642. The molecule has 0 radical (unpaired) electrons. The molecule has 2 aromatic rings. The Labute approximate surface area is 108 Å². The van der Waals surface area contributed by atoms with Crippen molar-refractivity contribution in [1.29, 1.82) is 0 Å². The Morgan fingerprint density at radius 2 is 2.44 bits per heavy atom. The van der Waals surface area contributed by atoms with E-state index in [-0.39, 0.29) is 0 Å². The van der Waals surface area contributed by atoms with E-state index in [4.69, 9.17) is 9.94 Å². The molecular formula is C12H11N3O2S. The number of thiazole rings is 1. The number of ether oxygens (including phenoxy) is 1. The summed E-state index contributed by atoms with van der Waals surface area (Å²) in [5, 5.41) is 9.10. The van der Waals surface area contributed by atoms with Crippen molar-refractivity contribution in [2.45, 2.75) is 6.42 Å². The second-order valence-corrected chi connectivity index (χ2v) is 4.92. The lowest BCUT2D eigenvalue weighted by atomic mass is 10.1. The number of fused-ring (bicyclic) bond motifs is 3. The van der Waals surface area contributed by atoms with Crippen molar-refractivity contribution >= 4 is 22.8 Å². The molecule has 0 fully saturated rings. The standard InChI is InChI=1S/C12H11N3O2S/c1-17-8-2-3-9-7(4-8)5-10-11(9)15-12(18-10)13-6-14-16/h2-4,6,16H,5H2,1H3,(H,13,14,15). The van der Waals surface area contributed by atoms with Crippen LogP contribution in [0.5, 0.6) is 5.75 Å². The van der Waals surface area contributed by atoms with Crippen LogP contribution in [0.2, 0.25) is 0 Å². The number of aromatic nitrogens is 1. The lowest BCUT2D eigenvalue weighted by molar-refractivity contribution is 0.240. The Morgan fingerprint density at radius 1 is 1.56 bits per heavy atom. The summed E-state index contributed by atoms with van der Waals surface area (Å²) < 4.78 is 5.22. The Balaban J connectivity index is 1.99. The van der Waals surface area contributed by atoms with Crippen LogP contribution in [-0.4, -0.2) is 23.6 Å². The van der Waals surface area contributed by atoms with E-state index in [0.29, 0.717) is 5.13 Å². The van der Waals surface area contributed by atoms with Crippen molar-refractivity contribution < 1.29 is 9.94 Å². The molecule has 2 N–H and O–H groups in total. The van der Waals surface area contributed by atoms with Crippen LogP contribution in [0, 0.1) is 0 Å². The number of hydroxylamine groups is 1. The molecule has 5 nitrogen and oxygen atoms in total. The van der Waals surface area contributed by atoms with Crippen LogP contribution in [0.3, 0.4) is 0 Å². The van der Waals surface area contributed by atoms with Gasteiger partial charge in [0.1, 0.15) is 12.1 Å². The molecular weight excluding hydrogens is 250 g/mol. The van der Waals surface area contributed by atoms with Gasteiger partial charge in [-0.15, -0.1) is 0 Å². The van der Waals surface area contributed by atoms with E-state index >= 15 is 0 Å². The average molecular weight is 261 g/mol. The molecule has 92 valence electrons. The fourth-order valence-electron chi connectivity index (χ4n) is 2.06. The highest BCUT2D eigenvalue weighted by Crippen LogP contribution is 2.42. The first-order valence-electron chi connectivity index (χ1n) is 5.41. The van der Waals surface area contributed by atoms with Crippen molar-refractivity contribution in [2.24, 2.45) is 4.99 Å². The van der Waals surface area contributed by atoms with Gasteiger partial charge in [0.05, 0.1) is 12.8 Å². The number of nitrogens with zero attached hydrogens (tertiary/aromatic N) is 2. The molecule has 0 amide bonds. The lowest BCUT2D eigenvalue weighted by Crippen LogP contribution is -2.00. The molecule has 0 atom stereocenters. The van der Waals surface area contributed by atoms with Crippen molar-refractivity contribution in [3.8, 4) is 17.0 Å². The molecule has 0 spiro atoms. The van der Waals surface area contributed by atoms with E-state index in [0.717, 1.165) is 23.4 Å². The van der Waals surface area contributed by atoms with Gasteiger partial charge in [-0.25, -0.2) is 9.98 Å². The van der Waals surface area contributed by atoms with Gasteiger partial charge in [0.2, 0.25) is 5.13 Å². The molecule has 1 aliphatic carbocycles. The zero-order valence-corrected chi connectivity index (χ0v) is 10.5. The quantitative estimate of drug-likeness (QED) is 0.431. The molecule has 1 aromatic carbocycles. The monoisotopic (exact) mass is 261 g/mol. The third-order valence-corrected chi connectivity index (χ3v) is 3.80. The van der Waals surface area contributed by atoms with Crippen molar-refractivity contribution in [2.75, 3.05) is 7.11 Å². The Morgan fingerprint density at radius 3 is 3.22 bits per heavy atom. The third kappa shape index (κ3) is 1.75. The minimum atomic E-state index is 0.642. The maximum Gasteiger partial charge on any atom is 0.211 e. The predicted octanol–water partition coefficient (Wildman–Crippen LogP) is 2.36. The van der Waals surface area contributed by atoms with Gasteiger partial charge < -0.3 is 4.74 Å². The predicted molar refractivity (Wildman–Crippen MR) is 70.0 cm³/mol. The van der Waals surface area contributed by atoms with Gasteiger partial charge in [-0.2, -0.15) is 0 Å². The van der Waals surface area contributed by atoms with E-state index in [1.165, 1.54) is 28.1 Å².